The number of hydrogen-bond acceptors (Lipinski definition) is 19. The average Bonchev–Trinajstić information content (AvgIpc) is 4.13. The van der Waals surface area contributed by atoms with Gasteiger partial charge in [0.05, 0.1) is 79.6 Å². The number of thiazole rings is 1. The van der Waals surface area contributed by atoms with E-state index in [1.807, 2.05) is 48.5 Å². The Kier molecular flexibility index (Phi) is 26.3. The van der Waals surface area contributed by atoms with Crippen molar-refractivity contribution >= 4 is 62.7 Å². The summed E-state index contributed by atoms with van der Waals surface area (Å²) in [6.45, 7) is 13.6. The molecule has 0 aliphatic heterocycles. The van der Waals surface area contributed by atoms with E-state index >= 15 is 0 Å². The molecular formula is C65H77N3O15S. The predicted molar refractivity (Wildman–Crippen MR) is 320 cm³/mol. The van der Waals surface area contributed by atoms with Crippen LogP contribution in [0.15, 0.2) is 134 Å². The van der Waals surface area contributed by atoms with Crippen molar-refractivity contribution in [2.45, 2.75) is 103 Å². The zero-order chi connectivity index (χ0) is 59.3. The summed E-state index contributed by atoms with van der Waals surface area (Å²) in [5.74, 6) is 0.382. The van der Waals surface area contributed by atoms with Crippen LogP contribution in [0.5, 0.6) is 34.5 Å². The first-order valence-corrected chi connectivity index (χ1v) is 29.7. The summed E-state index contributed by atoms with van der Waals surface area (Å²) in [7, 11) is 1.59. The molecular weight excluding hydrogens is 1090 g/mol. The molecule has 0 amide bonds. The van der Waals surface area contributed by atoms with Crippen LogP contribution in [0.4, 0.5) is 5.13 Å². The Morgan fingerprint density at radius 2 is 1.04 bits per heavy atom. The minimum absolute atomic E-state index is 0.0413. The number of hydrazone groups is 1. The van der Waals surface area contributed by atoms with Crippen LogP contribution in [0.25, 0.3) is 10.2 Å². The first-order chi connectivity index (χ1) is 41.0. The summed E-state index contributed by atoms with van der Waals surface area (Å²) >= 11 is 1.44. The van der Waals surface area contributed by atoms with Crippen molar-refractivity contribution < 1.29 is 71.3 Å². The van der Waals surface area contributed by atoms with Crippen molar-refractivity contribution in [1.29, 1.82) is 0 Å². The second-order valence-electron chi connectivity index (χ2n) is 20.5. The number of benzene rings is 4. The number of hydrogen-bond donors (Lipinski definition) is 0. The molecule has 2 aliphatic carbocycles. The lowest BCUT2D eigenvalue weighted by Gasteiger charge is -2.28. The molecule has 0 radical (unpaired) electrons. The number of para-hydroxylation sites is 1. The highest BCUT2D eigenvalue weighted by Gasteiger charge is 2.33. The standard InChI is InChI=1S/C65H77N3O15S/c1-5-60(69)78-39-15-9-7-13-37-76-52-27-31-54(32-28-52)80-46(3)47-19-21-48(22-20-47)63(72)82-56-35-36-58(51(43-56)44-66-68(45-75-42-41-74-4)65-67-57-17-11-12-18-59(57)84-65)83-64(73)50-25-23-49(24-26-50)62(71)81-55-33-29-53(30-34-55)77-38-14-8-10-16-40-79-61(70)6-2/h5-6,11-12,17-18,27-36,43-44,47-50H,1-3,7-10,13-16,19-26,37-42,45H2,4H3/b66-44+/t47-,48-,49-,50-. The SMILES string of the molecule is C=CC(=O)OCCCCCCOc1ccc(OC(=C)[C@H]2CC[C@H](C(=O)Oc3ccc(OC(=O)[C@H]4CC[C@H](C(=O)Oc5ccc(OCCCCCCOC(=O)C=C)cc5)CC4)c(/C=N/N(COCCOC)c4nc5ccccc5s4)c3)CC2)cc1. The fourth-order valence-corrected chi connectivity index (χ4v) is 10.4. The number of anilines is 1. The monoisotopic (exact) mass is 1170 g/mol. The first-order valence-electron chi connectivity index (χ1n) is 28.9. The van der Waals surface area contributed by atoms with E-state index in [1.165, 1.54) is 23.6 Å². The number of allylic oxidation sites excluding steroid dienone is 1. The molecule has 2 saturated carbocycles. The normalized spacial score (nSPS) is 16.7. The van der Waals surface area contributed by atoms with Crippen LogP contribution in [0, 0.1) is 23.7 Å². The van der Waals surface area contributed by atoms with Crippen molar-refractivity contribution in [2.75, 3.05) is 58.5 Å². The van der Waals surface area contributed by atoms with Gasteiger partial charge in [-0.05, 0) is 182 Å². The Morgan fingerprint density at radius 1 is 0.560 bits per heavy atom. The van der Waals surface area contributed by atoms with Crippen molar-refractivity contribution in [1.82, 2.24) is 4.98 Å². The Morgan fingerprint density at radius 3 is 1.57 bits per heavy atom. The van der Waals surface area contributed by atoms with Gasteiger partial charge in [-0.2, -0.15) is 5.10 Å². The van der Waals surface area contributed by atoms with Crippen molar-refractivity contribution in [3.05, 3.63) is 134 Å². The van der Waals surface area contributed by atoms with Crippen molar-refractivity contribution in [3.8, 4) is 34.5 Å². The fraction of sp³-hybridized carbons (Fsp3) is 0.431. The second kappa shape index (κ2) is 34.7. The average molecular weight is 1170 g/mol. The fourth-order valence-electron chi connectivity index (χ4n) is 9.53. The largest absolute Gasteiger partial charge is 0.494 e. The molecule has 18 nitrogen and oxygen atoms in total. The van der Waals surface area contributed by atoms with Crippen LogP contribution in [0.2, 0.25) is 0 Å². The quantitative estimate of drug-likeness (QED) is 0.00540. The molecule has 4 aromatic carbocycles. The van der Waals surface area contributed by atoms with Crippen LogP contribution in [0.3, 0.4) is 0 Å². The number of rotatable bonds is 35. The lowest BCUT2D eigenvalue weighted by Crippen LogP contribution is -2.30. The van der Waals surface area contributed by atoms with E-state index in [0.29, 0.717) is 125 Å². The number of fused-ring (bicyclic) bond motifs is 1. The van der Waals surface area contributed by atoms with Crippen molar-refractivity contribution in [2.24, 2.45) is 28.8 Å². The van der Waals surface area contributed by atoms with Gasteiger partial charge in [0.25, 0.3) is 0 Å². The summed E-state index contributed by atoms with van der Waals surface area (Å²) in [5.41, 5.74) is 1.18. The van der Waals surface area contributed by atoms with Crippen LogP contribution in [-0.4, -0.2) is 94.5 Å². The van der Waals surface area contributed by atoms with E-state index in [1.54, 1.807) is 54.6 Å². The molecule has 1 aromatic heterocycles. The van der Waals surface area contributed by atoms with E-state index in [0.717, 1.165) is 73.4 Å². The Bertz CT molecular complexity index is 2930. The number of aromatic nitrogens is 1. The number of nitrogens with zero attached hydrogens (tertiary/aromatic N) is 3. The first kappa shape index (κ1) is 63.7. The van der Waals surface area contributed by atoms with Crippen LogP contribution < -0.4 is 33.4 Å². The zero-order valence-corrected chi connectivity index (χ0v) is 48.8. The number of unbranched alkanes of at least 4 members (excludes halogenated alkanes) is 6. The van der Waals surface area contributed by atoms with Gasteiger partial charge < -0.3 is 47.4 Å². The molecule has 2 aliphatic rings. The lowest BCUT2D eigenvalue weighted by atomic mass is 9.81. The van der Waals surface area contributed by atoms with E-state index in [-0.39, 0.29) is 42.0 Å². The number of carbonyl (C=O) groups is 5. The highest BCUT2D eigenvalue weighted by atomic mass is 32.1. The summed E-state index contributed by atoms with van der Waals surface area (Å²) in [6.07, 6.45) is 15.1. The molecule has 448 valence electrons. The van der Waals surface area contributed by atoms with Crippen LogP contribution in [0.1, 0.15) is 108 Å². The Hall–Kier alpha value is -7.87. The van der Waals surface area contributed by atoms with E-state index in [4.69, 9.17) is 57.5 Å². The maximum Gasteiger partial charge on any atom is 0.330 e. The van der Waals surface area contributed by atoms with Gasteiger partial charge in [-0.15, -0.1) is 0 Å². The minimum Gasteiger partial charge on any atom is -0.494 e. The molecule has 19 heteroatoms. The maximum atomic E-state index is 13.9. The van der Waals surface area contributed by atoms with Gasteiger partial charge in [0.2, 0.25) is 5.13 Å². The van der Waals surface area contributed by atoms with Gasteiger partial charge in [0, 0.05) is 30.7 Å². The molecule has 0 N–H and O–H groups in total. The summed E-state index contributed by atoms with van der Waals surface area (Å²) in [5, 5.41) is 6.97. The van der Waals surface area contributed by atoms with Gasteiger partial charge >= 0.3 is 29.8 Å². The number of ether oxygens (including phenoxy) is 10. The summed E-state index contributed by atoms with van der Waals surface area (Å²) in [6, 6.07) is 26.9. The summed E-state index contributed by atoms with van der Waals surface area (Å²) < 4.78 is 57.9. The molecule has 0 atom stereocenters. The molecule has 2 fully saturated rings. The van der Waals surface area contributed by atoms with Gasteiger partial charge in [-0.1, -0.05) is 43.2 Å². The van der Waals surface area contributed by atoms with Gasteiger partial charge in [-0.3, -0.25) is 14.4 Å². The molecule has 0 unspecified atom stereocenters. The molecule has 7 rings (SSSR count). The number of carbonyl (C=O) groups excluding carboxylic acids is 5. The van der Waals surface area contributed by atoms with Crippen LogP contribution in [-0.2, 0) is 42.9 Å². The zero-order valence-electron chi connectivity index (χ0n) is 48.0. The minimum atomic E-state index is -0.477. The van der Waals surface area contributed by atoms with E-state index < -0.39 is 29.7 Å². The second-order valence-corrected chi connectivity index (χ2v) is 21.5. The van der Waals surface area contributed by atoms with Gasteiger partial charge in [0.15, 0.2) is 0 Å². The molecule has 0 saturated heterocycles. The molecule has 0 spiro atoms. The Labute approximate surface area is 495 Å². The lowest BCUT2D eigenvalue weighted by molar-refractivity contribution is -0.145. The van der Waals surface area contributed by atoms with Crippen LogP contribution >= 0.6 is 11.3 Å². The van der Waals surface area contributed by atoms with E-state index in [9.17, 15) is 24.0 Å². The molecule has 0 bridgehead atoms. The highest BCUT2D eigenvalue weighted by Crippen LogP contribution is 2.37. The third kappa shape index (κ3) is 21.1. The number of esters is 5. The summed E-state index contributed by atoms with van der Waals surface area (Å²) in [4.78, 5) is 68.2. The molecule has 5 aromatic rings. The van der Waals surface area contributed by atoms with Gasteiger partial charge in [0.1, 0.15) is 41.2 Å². The molecule has 84 heavy (non-hydrogen) atoms. The predicted octanol–water partition coefficient (Wildman–Crippen LogP) is 12.7. The number of methoxy groups -OCH3 is 1. The topological polar surface area (TPSA) is 206 Å². The smallest absolute Gasteiger partial charge is 0.330 e. The van der Waals surface area contributed by atoms with E-state index in [2.05, 4.69) is 19.7 Å². The highest BCUT2D eigenvalue weighted by molar-refractivity contribution is 7.22. The maximum absolute atomic E-state index is 13.9. The Balaban J connectivity index is 0.911. The molecule has 1 heterocycles. The van der Waals surface area contributed by atoms with Gasteiger partial charge in [-0.25, -0.2) is 19.6 Å². The third-order valence-electron chi connectivity index (χ3n) is 14.4. The third-order valence-corrected chi connectivity index (χ3v) is 15.4. The van der Waals surface area contributed by atoms with Crippen molar-refractivity contribution in [3.63, 3.8) is 0 Å².